The summed E-state index contributed by atoms with van der Waals surface area (Å²) in [6, 6.07) is 12.3. The molecule has 2 N–H and O–H groups in total. The summed E-state index contributed by atoms with van der Waals surface area (Å²) in [5.41, 5.74) is 6.50. The summed E-state index contributed by atoms with van der Waals surface area (Å²) in [6.07, 6.45) is 5.76. The largest absolute Gasteiger partial charge is 0.328 e. The molecule has 1 aliphatic carbocycles. The minimum Gasteiger partial charge on any atom is -0.328 e. The average Bonchev–Trinajstić information content (AvgIpc) is 3.21. The first-order valence-corrected chi connectivity index (χ1v) is 6.49. The van der Waals surface area contributed by atoms with Crippen LogP contribution in [0.1, 0.15) is 12.8 Å². The van der Waals surface area contributed by atoms with Crippen molar-refractivity contribution < 1.29 is 0 Å². The molecule has 1 aromatic heterocycles. The third-order valence-electron chi connectivity index (χ3n) is 3.69. The standard InChI is InChI=1S/C15H16N4/c16-10-15(17,13-6-7-13)11-19-9-8-18-14(19)12-4-2-1-3-5-12/h1-5,8-9,13H,6-7,11,17H2. The smallest absolute Gasteiger partial charge is 0.139 e. The highest BCUT2D eigenvalue weighted by atomic mass is 15.1. The van der Waals surface area contributed by atoms with Gasteiger partial charge in [-0.2, -0.15) is 5.26 Å². The van der Waals surface area contributed by atoms with Crippen LogP contribution in [0.25, 0.3) is 11.4 Å². The average molecular weight is 252 g/mol. The lowest BCUT2D eigenvalue weighted by atomic mass is 9.96. The summed E-state index contributed by atoms with van der Waals surface area (Å²) in [5.74, 6) is 1.19. The van der Waals surface area contributed by atoms with Gasteiger partial charge in [0.25, 0.3) is 0 Å². The molecule has 0 aliphatic heterocycles. The van der Waals surface area contributed by atoms with Gasteiger partial charge in [0, 0.05) is 18.0 Å². The van der Waals surface area contributed by atoms with Crippen LogP contribution in [0.5, 0.6) is 0 Å². The fourth-order valence-corrected chi connectivity index (χ4v) is 2.42. The minimum absolute atomic E-state index is 0.323. The fraction of sp³-hybridized carbons (Fsp3) is 0.333. The van der Waals surface area contributed by atoms with E-state index in [1.165, 1.54) is 0 Å². The minimum atomic E-state index is -0.774. The summed E-state index contributed by atoms with van der Waals surface area (Å²) in [6.45, 7) is 0.498. The molecule has 96 valence electrons. The highest BCUT2D eigenvalue weighted by Gasteiger charge is 2.43. The Hall–Kier alpha value is -2.12. The summed E-state index contributed by atoms with van der Waals surface area (Å²) in [7, 11) is 0. The third kappa shape index (κ3) is 2.25. The maximum absolute atomic E-state index is 9.35. The molecule has 0 amide bonds. The molecule has 0 spiro atoms. The number of nitrogens with two attached hydrogens (primary N) is 1. The molecule has 1 unspecified atom stereocenters. The van der Waals surface area contributed by atoms with Gasteiger partial charge in [0.05, 0.1) is 12.6 Å². The Morgan fingerprint density at radius 2 is 2.11 bits per heavy atom. The first kappa shape index (κ1) is 11.9. The predicted molar refractivity (Wildman–Crippen MR) is 72.9 cm³/mol. The molecule has 1 atom stereocenters. The van der Waals surface area contributed by atoms with E-state index >= 15 is 0 Å². The summed E-state index contributed by atoms with van der Waals surface area (Å²) in [5, 5.41) is 9.35. The van der Waals surface area contributed by atoms with Crippen molar-refractivity contribution in [3.8, 4) is 17.5 Å². The molecule has 4 heteroatoms. The summed E-state index contributed by atoms with van der Waals surface area (Å²) < 4.78 is 1.98. The Balaban J connectivity index is 1.91. The second-order valence-corrected chi connectivity index (χ2v) is 5.17. The molecule has 3 rings (SSSR count). The molecule has 0 saturated heterocycles. The van der Waals surface area contributed by atoms with Crippen LogP contribution in [0, 0.1) is 17.2 Å². The van der Waals surface area contributed by atoms with Gasteiger partial charge in [-0.25, -0.2) is 4.98 Å². The van der Waals surface area contributed by atoms with Crippen molar-refractivity contribution in [1.29, 1.82) is 5.26 Å². The van der Waals surface area contributed by atoms with Gasteiger partial charge in [-0.3, -0.25) is 0 Å². The van der Waals surface area contributed by atoms with Crippen LogP contribution in [0.2, 0.25) is 0 Å². The molecule has 1 fully saturated rings. The van der Waals surface area contributed by atoms with Gasteiger partial charge in [-0.05, 0) is 18.8 Å². The van der Waals surface area contributed by atoms with Crippen LogP contribution in [0.3, 0.4) is 0 Å². The molecule has 0 radical (unpaired) electrons. The van der Waals surface area contributed by atoms with E-state index in [1.54, 1.807) is 6.20 Å². The Labute approximate surface area is 112 Å². The fourth-order valence-electron chi connectivity index (χ4n) is 2.42. The lowest BCUT2D eigenvalue weighted by Crippen LogP contribution is -2.44. The van der Waals surface area contributed by atoms with E-state index in [-0.39, 0.29) is 0 Å². The molecule has 1 heterocycles. The summed E-state index contributed by atoms with van der Waals surface area (Å²) in [4.78, 5) is 4.38. The summed E-state index contributed by atoms with van der Waals surface area (Å²) >= 11 is 0. The van der Waals surface area contributed by atoms with Gasteiger partial charge in [-0.15, -0.1) is 0 Å². The van der Waals surface area contributed by atoms with Gasteiger partial charge in [-0.1, -0.05) is 30.3 Å². The van der Waals surface area contributed by atoms with E-state index in [4.69, 9.17) is 5.73 Å². The molecule has 2 aromatic rings. The van der Waals surface area contributed by atoms with Gasteiger partial charge < -0.3 is 10.3 Å². The Kier molecular flexibility index (Phi) is 2.84. The molecular formula is C15H16N4. The van der Waals surface area contributed by atoms with Crippen LogP contribution in [0.15, 0.2) is 42.7 Å². The highest BCUT2D eigenvalue weighted by molar-refractivity contribution is 5.55. The number of hydrogen-bond acceptors (Lipinski definition) is 3. The van der Waals surface area contributed by atoms with E-state index in [0.29, 0.717) is 12.5 Å². The maximum atomic E-state index is 9.35. The number of rotatable bonds is 4. The molecule has 0 bridgehead atoms. The molecular weight excluding hydrogens is 236 g/mol. The quantitative estimate of drug-likeness (QED) is 0.906. The number of imidazole rings is 1. The van der Waals surface area contributed by atoms with Gasteiger partial charge in [0.1, 0.15) is 11.4 Å². The normalized spacial score (nSPS) is 17.7. The first-order chi connectivity index (χ1) is 9.23. The predicted octanol–water partition coefficient (Wildman–Crippen LogP) is 2.18. The van der Waals surface area contributed by atoms with Crippen molar-refractivity contribution in [2.45, 2.75) is 24.9 Å². The molecule has 19 heavy (non-hydrogen) atoms. The van der Waals surface area contributed by atoms with Crippen molar-refractivity contribution in [3.63, 3.8) is 0 Å². The van der Waals surface area contributed by atoms with Gasteiger partial charge in [0.2, 0.25) is 0 Å². The van der Waals surface area contributed by atoms with Crippen molar-refractivity contribution in [2.24, 2.45) is 11.7 Å². The number of hydrogen-bond donors (Lipinski definition) is 1. The number of benzene rings is 1. The highest BCUT2D eigenvalue weighted by Crippen LogP contribution is 2.39. The number of nitriles is 1. The molecule has 1 aromatic carbocycles. The SMILES string of the molecule is N#CC(N)(Cn1ccnc1-c1ccccc1)C1CC1. The van der Waals surface area contributed by atoms with Crippen LogP contribution in [-0.2, 0) is 6.54 Å². The van der Waals surface area contributed by atoms with Gasteiger partial charge in [0.15, 0.2) is 0 Å². The van der Waals surface area contributed by atoms with Crippen LogP contribution in [0.4, 0.5) is 0 Å². The second-order valence-electron chi connectivity index (χ2n) is 5.17. The Bertz CT molecular complexity index is 607. The Morgan fingerprint density at radius 3 is 2.74 bits per heavy atom. The van der Waals surface area contributed by atoms with Gasteiger partial charge >= 0.3 is 0 Å². The zero-order valence-corrected chi connectivity index (χ0v) is 10.7. The number of nitrogens with zero attached hydrogens (tertiary/aromatic N) is 3. The lowest BCUT2D eigenvalue weighted by Gasteiger charge is -2.22. The van der Waals surface area contributed by atoms with Crippen molar-refractivity contribution in [2.75, 3.05) is 0 Å². The molecule has 1 aliphatic rings. The maximum Gasteiger partial charge on any atom is 0.139 e. The van der Waals surface area contributed by atoms with Crippen molar-refractivity contribution in [1.82, 2.24) is 9.55 Å². The molecule has 1 saturated carbocycles. The zero-order chi connectivity index (χ0) is 13.3. The van der Waals surface area contributed by atoms with E-state index in [1.807, 2.05) is 41.1 Å². The Morgan fingerprint density at radius 1 is 1.37 bits per heavy atom. The van der Waals surface area contributed by atoms with Crippen LogP contribution >= 0.6 is 0 Å². The third-order valence-corrected chi connectivity index (χ3v) is 3.69. The van der Waals surface area contributed by atoms with Crippen LogP contribution < -0.4 is 5.73 Å². The van der Waals surface area contributed by atoms with Crippen molar-refractivity contribution >= 4 is 0 Å². The topological polar surface area (TPSA) is 67.6 Å². The first-order valence-electron chi connectivity index (χ1n) is 6.49. The van der Waals surface area contributed by atoms with Crippen LogP contribution in [-0.4, -0.2) is 15.1 Å². The van der Waals surface area contributed by atoms with E-state index in [9.17, 15) is 5.26 Å². The monoisotopic (exact) mass is 252 g/mol. The van der Waals surface area contributed by atoms with E-state index in [2.05, 4.69) is 11.1 Å². The lowest BCUT2D eigenvalue weighted by molar-refractivity contribution is 0.407. The molecule has 4 nitrogen and oxygen atoms in total. The van der Waals surface area contributed by atoms with E-state index < -0.39 is 5.54 Å². The zero-order valence-electron chi connectivity index (χ0n) is 10.7. The number of aromatic nitrogens is 2. The van der Waals surface area contributed by atoms with E-state index in [0.717, 1.165) is 24.2 Å². The second kappa shape index (κ2) is 4.52. The van der Waals surface area contributed by atoms with Crippen molar-refractivity contribution in [3.05, 3.63) is 42.7 Å².